The molecule has 1 atom stereocenters. The van der Waals surface area contributed by atoms with Crippen molar-refractivity contribution in [3.63, 3.8) is 0 Å². The number of nitrogens with zero attached hydrogens (tertiary/aromatic N) is 3. The van der Waals surface area contributed by atoms with Crippen molar-refractivity contribution >= 4 is 28.3 Å². The molecule has 168 valence electrons. The van der Waals surface area contributed by atoms with Crippen LogP contribution in [0.5, 0.6) is 0 Å². The summed E-state index contributed by atoms with van der Waals surface area (Å²) in [5.41, 5.74) is 3.85. The van der Waals surface area contributed by atoms with E-state index in [9.17, 15) is 9.18 Å². The molecule has 5 rings (SSSR count). The molecule has 3 heterocycles. The summed E-state index contributed by atoms with van der Waals surface area (Å²) in [7, 11) is 0. The van der Waals surface area contributed by atoms with Crippen LogP contribution in [0.4, 0.5) is 4.39 Å². The smallest absolute Gasteiger partial charge is 0.163 e. The SMILES string of the molecule is O=C(C[C@@H]1CCCN(Cc2ccccc2F)C1)c1ccc2[nH]nc(-c3ccnc(Cl)c3)c2c1. The Morgan fingerprint density at radius 2 is 2.06 bits per heavy atom. The van der Waals surface area contributed by atoms with Crippen molar-refractivity contribution < 1.29 is 9.18 Å². The van der Waals surface area contributed by atoms with Gasteiger partial charge in [-0.05, 0) is 61.7 Å². The summed E-state index contributed by atoms with van der Waals surface area (Å²) in [6.07, 6.45) is 4.14. The van der Waals surface area contributed by atoms with Crippen molar-refractivity contribution in [1.82, 2.24) is 20.1 Å². The normalized spacial score (nSPS) is 16.8. The van der Waals surface area contributed by atoms with Crippen LogP contribution in [0, 0.1) is 11.7 Å². The van der Waals surface area contributed by atoms with Crippen molar-refractivity contribution in [2.45, 2.75) is 25.8 Å². The third-order valence-electron chi connectivity index (χ3n) is 6.31. The van der Waals surface area contributed by atoms with Crippen LogP contribution >= 0.6 is 11.6 Å². The average Bonchev–Trinajstić information content (AvgIpc) is 3.24. The second-order valence-electron chi connectivity index (χ2n) is 8.66. The predicted molar refractivity (Wildman–Crippen MR) is 128 cm³/mol. The molecule has 0 bridgehead atoms. The number of hydrogen-bond donors (Lipinski definition) is 1. The lowest BCUT2D eigenvalue weighted by molar-refractivity contribution is 0.0912. The molecule has 7 heteroatoms. The molecule has 5 nitrogen and oxygen atoms in total. The fourth-order valence-electron chi connectivity index (χ4n) is 4.67. The van der Waals surface area contributed by atoms with Crippen molar-refractivity contribution in [1.29, 1.82) is 0 Å². The standard InChI is InChI=1S/C26H24ClFN4O/c27-25-14-19(9-10-29-25)26-21-13-18(7-8-23(21)30-31-26)24(33)12-17-4-3-11-32(15-17)16-20-5-1-2-6-22(20)28/h1-2,5-10,13-14,17H,3-4,11-12,15-16H2,(H,30,31)/t17-/m0/s1. The second kappa shape index (κ2) is 9.41. The fourth-order valence-corrected chi connectivity index (χ4v) is 4.84. The highest BCUT2D eigenvalue weighted by Gasteiger charge is 2.24. The number of pyridine rings is 1. The van der Waals surface area contributed by atoms with E-state index in [0.717, 1.165) is 48.1 Å². The lowest BCUT2D eigenvalue weighted by Gasteiger charge is -2.32. The first-order valence-corrected chi connectivity index (χ1v) is 11.5. The number of ketones is 1. The Balaban J connectivity index is 1.30. The van der Waals surface area contributed by atoms with Gasteiger partial charge in [0.15, 0.2) is 5.78 Å². The summed E-state index contributed by atoms with van der Waals surface area (Å²) >= 11 is 6.05. The van der Waals surface area contributed by atoms with Gasteiger partial charge in [0, 0.05) is 47.8 Å². The fraction of sp³-hybridized carbons (Fsp3) is 0.269. The molecule has 2 aromatic heterocycles. The molecule has 1 fully saturated rings. The van der Waals surface area contributed by atoms with Gasteiger partial charge in [0.2, 0.25) is 0 Å². The van der Waals surface area contributed by atoms with Crippen LogP contribution in [0.15, 0.2) is 60.8 Å². The Hall–Kier alpha value is -3.09. The van der Waals surface area contributed by atoms with Gasteiger partial charge in [-0.2, -0.15) is 5.10 Å². The number of halogens is 2. The number of rotatable bonds is 6. The van der Waals surface area contributed by atoms with Crippen molar-refractivity contribution in [2.75, 3.05) is 13.1 Å². The number of fused-ring (bicyclic) bond motifs is 1. The zero-order valence-electron chi connectivity index (χ0n) is 18.1. The topological polar surface area (TPSA) is 61.9 Å². The third-order valence-corrected chi connectivity index (χ3v) is 6.52. The number of aromatic amines is 1. The molecule has 0 saturated carbocycles. The second-order valence-corrected chi connectivity index (χ2v) is 9.05. The monoisotopic (exact) mass is 462 g/mol. The van der Waals surface area contributed by atoms with Gasteiger partial charge in [-0.25, -0.2) is 9.37 Å². The Bertz CT molecular complexity index is 1300. The zero-order chi connectivity index (χ0) is 22.8. The quantitative estimate of drug-likeness (QED) is 0.286. The maximum Gasteiger partial charge on any atom is 0.163 e. The number of likely N-dealkylation sites (tertiary alicyclic amines) is 1. The molecule has 2 aromatic carbocycles. The first kappa shape index (κ1) is 21.7. The van der Waals surface area contributed by atoms with Crippen LogP contribution in [0.2, 0.25) is 5.15 Å². The number of hydrogen-bond acceptors (Lipinski definition) is 4. The highest BCUT2D eigenvalue weighted by Crippen LogP contribution is 2.29. The predicted octanol–water partition coefficient (Wildman–Crippen LogP) is 5.90. The number of piperidine rings is 1. The molecule has 0 radical (unpaired) electrons. The average molecular weight is 463 g/mol. The largest absolute Gasteiger partial charge is 0.299 e. The number of benzene rings is 2. The highest BCUT2D eigenvalue weighted by molar-refractivity contribution is 6.29. The van der Waals surface area contributed by atoms with Crippen molar-refractivity contribution in [2.24, 2.45) is 5.92 Å². The molecule has 0 amide bonds. The van der Waals surface area contributed by atoms with Crippen LogP contribution in [-0.2, 0) is 6.54 Å². The third kappa shape index (κ3) is 4.82. The van der Waals surface area contributed by atoms with E-state index in [1.807, 2.05) is 36.4 Å². The number of nitrogens with one attached hydrogen (secondary N) is 1. The number of carbonyl (C=O) groups excluding carboxylic acids is 1. The molecule has 1 aliphatic heterocycles. The minimum absolute atomic E-state index is 0.120. The summed E-state index contributed by atoms with van der Waals surface area (Å²) in [5.74, 6) is 0.210. The van der Waals surface area contributed by atoms with Gasteiger partial charge in [0.25, 0.3) is 0 Å². The van der Waals surface area contributed by atoms with Crippen LogP contribution < -0.4 is 0 Å². The molecule has 1 N–H and O–H groups in total. The Morgan fingerprint density at radius 3 is 2.91 bits per heavy atom. The first-order valence-electron chi connectivity index (χ1n) is 11.2. The van der Waals surface area contributed by atoms with E-state index in [1.165, 1.54) is 6.07 Å². The van der Waals surface area contributed by atoms with Gasteiger partial charge in [-0.3, -0.25) is 14.8 Å². The molecule has 1 saturated heterocycles. The number of Topliss-reactive ketones (excluding diaryl/α,β-unsaturated/α-hetero) is 1. The van der Waals surface area contributed by atoms with Gasteiger partial charge in [-0.1, -0.05) is 29.8 Å². The summed E-state index contributed by atoms with van der Waals surface area (Å²) in [4.78, 5) is 19.4. The highest BCUT2D eigenvalue weighted by atomic mass is 35.5. The summed E-state index contributed by atoms with van der Waals surface area (Å²) in [6, 6.07) is 16.2. The number of H-pyrrole nitrogens is 1. The van der Waals surface area contributed by atoms with Crippen LogP contribution in [0.1, 0.15) is 35.2 Å². The van der Waals surface area contributed by atoms with Crippen LogP contribution in [0.25, 0.3) is 22.2 Å². The maximum atomic E-state index is 14.1. The van der Waals surface area contributed by atoms with Crippen LogP contribution in [-0.4, -0.2) is 39.0 Å². The van der Waals surface area contributed by atoms with E-state index >= 15 is 0 Å². The molecule has 1 aliphatic rings. The van der Waals surface area contributed by atoms with Crippen molar-refractivity contribution in [3.8, 4) is 11.3 Å². The van der Waals surface area contributed by atoms with E-state index in [-0.39, 0.29) is 17.5 Å². The minimum atomic E-state index is -0.171. The molecule has 0 aliphatic carbocycles. The van der Waals surface area contributed by atoms with Crippen LogP contribution in [0.3, 0.4) is 0 Å². The van der Waals surface area contributed by atoms with Gasteiger partial charge in [0.1, 0.15) is 16.7 Å². The minimum Gasteiger partial charge on any atom is -0.299 e. The summed E-state index contributed by atoms with van der Waals surface area (Å²) < 4.78 is 14.1. The number of carbonyl (C=O) groups is 1. The molecule has 0 spiro atoms. The molecule has 0 unspecified atom stereocenters. The summed E-state index contributed by atoms with van der Waals surface area (Å²) in [5, 5.41) is 8.72. The van der Waals surface area contributed by atoms with E-state index in [0.29, 0.717) is 29.2 Å². The van der Waals surface area contributed by atoms with E-state index in [4.69, 9.17) is 11.6 Å². The number of aromatic nitrogens is 3. The molecular formula is C26H24ClFN4O. The molecule has 4 aromatic rings. The zero-order valence-corrected chi connectivity index (χ0v) is 18.9. The van der Waals surface area contributed by atoms with Gasteiger partial charge in [0.05, 0.1) is 5.52 Å². The van der Waals surface area contributed by atoms with Gasteiger partial charge >= 0.3 is 0 Å². The Morgan fingerprint density at radius 1 is 1.18 bits per heavy atom. The Kier molecular flexibility index (Phi) is 6.20. The first-order chi connectivity index (χ1) is 16.1. The van der Waals surface area contributed by atoms with E-state index in [2.05, 4.69) is 20.1 Å². The van der Waals surface area contributed by atoms with E-state index < -0.39 is 0 Å². The lowest BCUT2D eigenvalue weighted by atomic mass is 9.90. The molecule has 33 heavy (non-hydrogen) atoms. The Labute approximate surface area is 196 Å². The lowest BCUT2D eigenvalue weighted by Crippen LogP contribution is -2.36. The molecular weight excluding hydrogens is 439 g/mol. The van der Waals surface area contributed by atoms with Crippen molar-refractivity contribution in [3.05, 3.63) is 82.9 Å². The van der Waals surface area contributed by atoms with Gasteiger partial charge < -0.3 is 0 Å². The maximum absolute atomic E-state index is 14.1. The summed E-state index contributed by atoms with van der Waals surface area (Å²) in [6.45, 7) is 2.31. The van der Waals surface area contributed by atoms with Gasteiger partial charge in [-0.15, -0.1) is 0 Å². The van der Waals surface area contributed by atoms with E-state index in [1.54, 1.807) is 18.3 Å².